The molecule has 0 aliphatic carbocycles. The predicted molar refractivity (Wildman–Crippen MR) is 78.4 cm³/mol. The number of carbonyl (C=O) groups is 1. The highest BCUT2D eigenvalue weighted by atomic mass is 79.9. The van der Waals surface area contributed by atoms with E-state index in [-0.39, 0.29) is 18.1 Å². The lowest BCUT2D eigenvalue weighted by molar-refractivity contribution is -0.115. The van der Waals surface area contributed by atoms with Crippen LogP contribution in [-0.4, -0.2) is 22.7 Å². The van der Waals surface area contributed by atoms with Gasteiger partial charge in [0.05, 0.1) is 19.6 Å². The van der Waals surface area contributed by atoms with Crippen LogP contribution in [0.4, 0.5) is 10.2 Å². The van der Waals surface area contributed by atoms with Crippen LogP contribution in [0.5, 0.6) is 0 Å². The Bertz CT molecular complexity index is 687. The van der Waals surface area contributed by atoms with Gasteiger partial charge in [-0.15, -0.1) is 0 Å². The smallest absolute Gasteiger partial charge is 0.230 e. The summed E-state index contributed by atoms with van der Waals surface area (Å²) < 4.78 is 19.0. The Labute approximate surface area is 129 Å². The number of aromatic amines is 1. The monoisotopic (exact) mass is 353 g/mol. The molecule has 110 valence electrons. The number of nitrogens with one attached hydrogen (secondary N) is 2. The molecule has 2 N–H and O–H groups in total. The molecular formula is C14H13BrFN3O2. The van der Waals surface area contributed by atoms with Gasteiger partial charge in [0, 0.05) is 22.2 Å². The highest BCUT2D eigenvalue weighted by Crippen LogP contribution is 2.23. The second kappa shape index (κ2) is 5.95. The van der Waals surface area contributed by atoms with Crippen molar-refractivity contribution in [3.8, 4) is 0 Å². The van der Waals surface area contributed by atoms with Crippen molar-refractivity contribution in [1.29, 1.82) is 0 Å². The highest BCUT2D eigenvalue weighted by Gasteiger charge is 2.19. The second-order valence-corrected chi connectivity index (χ2v) is 5.65. The first-order valence-corrected chi connectivity index (χ1v) is 7.30. The molecule has 2 aromatic rings. The van der Waals surface area contributed by atoms with Gasteiger partial charge < -0.3 is 10.1 Å². The fourth-order valence-electron chi connectivity index (χ4n) is 2.23. The maximum absolute atomic E-state index is 13.0. The van der Waals surface area contributed by atoms with Crippen molar-refractivity contribution in [3.63, 3.8) is 0 Å². The van der Waals surface area contributed by atoms with Crippen LogP contribution in [0.25, 0.3) is 0 Å². The summed E-state index contributed by atoms with van der Waals surface area (Å²) in [6.07, 6.45) is 0.908. The average Bonchev–Trinajstić information content (AvgIpc) is 2.85. The number of hydrogen-bond donors (Lipinski definition) is 2. The SMILES string of the molecule is O=C(Cc1ccc(F)cc1Br)Nc1n[nH]c2c1COCC2. The number of aromatic nitrogens is 2. The van der Waals surface area contributed by atoms with Gasteiger partial charge in [0.1, 0.15) is 5.82 Å². The van der Waals surface area contributed by atoms with E-state index in [1.54, 1.807) is 6.07 Å². The summed E-state index contributed by atoms with van der Waals surface area (Å²) >= 11 is 3.25. The number of benzene rings is 1. The minimum atomic E-state index is -0.343. The van der Waals surface area contributed by atoms with Gasteiger partial charge in [0.2, 0.25) is 5.91 Å². The molecule has 0 radical (unpaired) electrons. The van der Waals surface area contributed by atoms with Crippen LogP contribution in [0.2, 0.25) is 0 Å². The number of nitrogens with zero attached hydrogens (tertiary/aromatic N) is 1. The Kier molecular flexibility index (Phi) is 4.03. The van der Waals surface area contributed by atoms with Crippen LogP contribution in [0.1, 0.15) is 16.8 Å². The summed E-state index contributed by atoms with van der Waals surface area (Å²) in [6.45, 7) is 1.10. The van der Waals surface area contributed by atoms with Gasteiger partial charge in [0.25, 0.3) is 0 Å². The van der Waals surface area contributed by atoms with Crippen molar-refractivity contribution < 1.29 is 13.9 Å². The Balaban J connectivity index is 1.70. The number of rotatable bonds is 3. The number of anilines is 1. The van der Waals surface area contributed by atoms with E-state index in [0.29, 0.717) is 23.5 Å². The number of carbonyl (C=O) groups excluding carboxylic acids is 1. The Morgan fingerprint density at radius 2 is 2.38 bits per heavy atom. The van der Waals surface area contributed by atoms with Gasteiger partial charge in [-0.1, -0.05) is 22.0 Å². The predicted octanol–water partition coefficient (Wildman–Crippen LogP) is 2.57. The summed E-state index contributed by atoms with van der Waals surface area (Å²) in [5.74, 6) is -0.0420. The summed E-state index contributed by atoms with van der Waals surface area (Å²) in [4.78, 5) is 12.1. The Morgan fingerprint density at radius 1 is 1.52 bits per heavy atom. The summed E-state index contributed by atoms with van der Waals surface area (Å²) in [5, 5.41) is 9.78. The van der Waals surface area contributed by atoms with E-state index in [1.807, 2.05) is 0 Å². The zero-order valence-electron chi connectivity index (χ0n) is 11.1. The largest absolute Gasteiger partial charge is 0.376 e. The molecule has 21 heavy (non-hydrogen) atoms. The quantitative estimate of drug-likeness (QED) is 0.890. The van der Waals surface area contributed by atoms with E-state index in [4.69, 9.17) is 4.74 Å². The van der Waals surface area contributed by atoms with Crippen LogP contribution in [0.15, 0.2) is 22.7 Å². The van der Waals surface area contributed by atoms with Crippen molar-refractivity contribution in [2.75, 3.05) is 11.9 Å². The molecule has 5 nitrogen and oxygen atoms in total. The Hall–Kier alpha value is -1.73. The van der Waals surface area contributed by atoms with Crippen LogP contribution in [0, 0.1) is 5.82 Å². The molecule has 1 aromatic heterocycles. The van der Waals surface area contributed by atoms with E-state index in [9.17, 15) is 9.18 Å². The molecule has 0 saturated heterocycles. The molecule has 0 spiro atoms. The maximum Gasteiger partial charge on any atom is 0.230 e. The third-order valence-electron chi connectivity index (χ3n) is 3.32. The summed E-state index contributed by atoms with van der Waals surface area (Å²) in [5.41, 5.74) is 2.61. The lowest BCUT2D eigenvalue weighted by atomic mass is 10.1. The molecule has 1 aromatic carbocycles. The van der Waals surface area contributed by atoms with Crippen molar-refractivity contribution in [2.24, 2.45) is 0 Å². The van der Waals surface area contributed by atoms with Crippen LogP contribution in [-0.2, 0) is 29.0 Å². The molecule has 1 aliphatic rings. The van der Waals surface area contributed by atoms with Crippen LogP contribution in [0.3, 0.4) is 0 Å². The number of halogens is 2. The van der Waals surface area contributed by atoms with E-state index in [1.165, 1.54) is 12.1 Å². The molecule has 1 aliphatic heterocycles. The third kappa shape index (κ3) is 3.14. The molecule has 2 heterocycles. The molecule has 3 rings (SSSR count). The molecule has 0 bridgehead atoms. The highest BCUT2D eigenvalue weighted by molar-refractivity contribution is 9.10. The standard InChI is InChI=1S/C14H13BrFN3O2/c15-11-6-9(16)2-1-8(11)5-13(20)17-14-10-7-21-4-3-12(10)18-19-14/h1-2,6H,3-5,7H2,(H2,17,18,19,20). The van der Waals surface area contributed by atoms with Crippen molar-refractivity contribution >= 4 is 27.7 Å². The van der Waals surface area contributed by atoms with Gasteiger partial charge in [-0.3, -0.25) is 9.89 Å². The minimum Gasteiger partial charge on any atom is -0.376 e. The zero-order valence-corrected chi connectivity index (χ0v) is 12.7. The number of hydrogen-bond acceptors (Lipinski definition) is 3. The van der Waals surface area contributed by atoms with Gasteiger partial charge in [-0.2, -0.15) is 5.10 Å². The molecule has 1 amide bonds. The van der Waals surface area contributed by atoms with Crippen LogP contribution >= 0.6 is 15.9 Å². The molecule has 0 atom stereocenters. The van der Waals surface area contributed by atoms with E-state index < -0.39 is 0 Å². The lowest BCUT2D eigenvalue weighted by Crippen LogP contribution is -2.17. The molecule has 0 fully saturated rings. The molecule has 7 heteroatoms. The minimum absolute atomic E-state index is 0.142. The van der Waals surface area contributed by atoms with Gasteiger partial charge >= 0.3 is 0 Å². The first-order chi connectivity index (χ1) is 10.1. The summed E-state index contributed by atoms with van der Waals surface area (Å²) in [6, 6.07) is 4.26. The number of ether oxygens (including phenoxy) is 1. The molecule has 0 unspecified atom stereocenters. The number of amides is 1. The summed E-state index contributed by atoms with van der Waals surface area (Å²) in [7, 11) is 0. The second-order valence-electron chi connectivity index (χ2n) is 4.79. The van der Waals surface area contributed by atoms with Crippen molar-refractivity contribution in [3.05, 3.63) is 45.3 Å². The molecule has 0 saturated carbocycles. The van der Waals surface area contributed by atoms with Crippen molar-refractivity contribution in [1.82, 2.24) is 10.2 Å². The molecular weight excluding hydrogens is 341 g/mol. The van der Waals surface area contributed by atoms with E-state index in [0.717, 1.165) is 23.2 Å². The van der Waals surface area contributed by atoms with Crippen LogP contribution < -0.4 is 5.32 Å². The fraction of sp³-hybridized carbons (Fsp3) is 0.286. The van der Waals surface area contributed by atoms with Gasteiger partial charge in [0.15, 0.2) is 5.82 Å². The number of fused-ring (bicyclic) bond motifs is 1. The zero-order chi connectivity index (χ0) is 14.8. The topological polar surface area (TPSA) is 67.0 Å². The third-order valence-corrected chi connectivity index (χ3v) is 4.06. The fourth-order valence-corrected chi connectivity index (χ4v) is 2.72. The van der Waals surface area contributed by atoms with Gasteiger partial charge in [-0.05, 0) is 17.7 Å². The first-order valence-electron chi connectivity index (χ1n) is 6.51. The van der Waals surface area contributed by atoms with Gasteiger partial charge in [-0.25, -0.2) is 4.39 Å². The van der Waals surface area contributed by atoms with E-state index in [2.05, 4.69) is 31.4 Å². The lowest BCUT2D eigenvalue weighted by Gasteiger charge is -2.12. The first kappa shape index (κ1) is 14.2. The average molecular weight is 354 g/mol. The normalized spacial score (nSPS) is 13.8. The number of H-pyrrole nitrogens is 1. The van der Waals surface area contributed by atoms with Crippen molar-refractivity contribution in [2.45, 2.75) is 19.4 Å². The van der Waals surface area contributed by atoms with E-state index >= 15 is 0 Å². The maximum atomic E-state index is 13.0. The Morgan fingerprint density at radius 3 is 3.19 bits per heavy atom.